The van der Waals surface area contributed by atoms with Gasteiger partial charge in [-0.2, -0.15) is 0 Å². The first kappa shape index (κ1) is 36.4. The van der Waals surface area contributed by atoms with Crippen molar-refractivity contribution >= 4 is 74.9 Å². The summed E-state index contributed by atoms with van der Waals surface area (Å²) in [5.74, 6) is 1.87. The summed E-state index contributed by atoms with van der Waals surface area (Å²) < 4.78 is 5.01. The third-order valence-corrected chi connectivity index (χ3v) is 13.8. The first-order chi connectivity index (χ1) is 31.7. The number of hydrogen-bond donors (Lipinski definition) is 0. The minimum Gasteiger partial charge on any atom is -0.309 e. The van der Waals surface area contributed by atoms with Crippen LogP contribution in [0.5, 0.6) is 0 Å². The van der Waals surface area contributed by atoms with Crippen molar-refractivity contribution in [3.05, 3.63) is 218 Å². The zero-order valence-electron chi connectivity index (χ0n) is 34.5. The molecule has 0 unspecified atom stereocenters. The Balaban J connectivity index is 1.10. The van der Waals surface area contributed by atoms with E-state index in [4.69, 9.17) is 15.0 Å². The highest BCUT2D eigenvalue weighted by Gasteiger charge is 2.22. The number of fused-ring (bicyclic) bond motifs is 9. The van der Waals surface area contributed by atoms with Crippen molar-refractivity contribution in [3.8, 4) is 62.1 Å². The van der Waals surface area contributed by atoms with E-state index >= 15 is 0 Å². The van der Waals surface area contributed by atoms with Gasteiger partial charge in [-0.1, -0.05) is 170 Å². The summed E-state index contributed by atoms with van der Waals surface area (Å²) in [5, 5.41) is 9.90. The van der Waals surface area contributed by atoms with Gasteiger partial charge in [-0.25, -0.2) is 15.0 Å². The van der Waals surface area contributed by atoms with Crippen LogP contribution in [0.2, 0.25) is 0 Å². The summed E-state index contributed by atoms with van der Waals surface area (Å²) in [6, 6.07) is 78.1. The van der Waals surface area contributed by atoms with Crippen LogP contribution in [0.1, 0.15) is 0 Å². The summed E-state index contributed by atoms with van der Waals surface area (Å²) in [6.45, 7) is 0. The first-order valence-electron chi connectivity index (χ1n) is 21.6. The molecule has 0 atom stereocenters. The molecule has 13 rings (SSSR count). The van der Waals surface area contributed by atoms with E-state index in [0.29, 0.717) is 17.5 Å². The van der Waals surface area contributed by atoms with Crippen LogP contribution in [0.15, 0.2) is 218 Å². The molecule has 13 aromatic rings. The molecular weight excluding hydrogens is 797 g/mol. The summed E-state index contributed by atoms with van der Waals surface area (Å²) >= 11 is 1.87. The van der Waals surface area contributed by atoms with Crippen LogP contribution in [0.3, 0.4) is 0 Å². The minimum atomic E-state index is 0.614. The van der Waals surface area contributed by atoms with Crippen molar-refractivity contribution in [1.29, 1.82) is 0 Å². The molecule has 0 aliphatic carbocycles. The fraction of sp³-hybridized carbons (Fsp3) is 0. The minimum absolute atomic E-state index is 0.614. The standard InChI is InChI=1S/C59H36N4S/c1-3-15-37(16-4-1)40-22-13-23-43(33-40)58-60-57(39-18-5-2-6-19-39)61-59(62-58)44-30-32-52(63-51-27-12-11-25-46(51)49-34-41-20-7-8-21-42(41)36-53(49)63)50(35-44)47-26-14-28-54-55(47)48-31-29-38-17-9-10-24-45(38)56(48)64-54/h1-36H. The average Bonchev–Trinajstić information content (AvgIpc) is 3.92. The molecule has 0 saturated carbocycles. The molecule has 0 aliphatic rings. The number of benzene rings is 10. The molecule has 0 bridgehead atoms. The highest BCUT2D eigenvalue weighted by molar-refractivity contribution is 7.26. The van der Waals surface area contributed by atoms with Gasteiger partial charge in [-0.05, 0) is 86.8 Å². The van der Waals surface area contributed by atoms with Crippen molar-refractivity contribution in [3.63, 3.8) is 0 Å². The quantitative estimate of drug-likeness (QED) is 0.168. The van der Waals surface area contributed by atoms with Crippen molar-refractivity contribution in [2.75, 3.05) is 0 Å². The molecule has 0 amide bonds. The van der Waals surface area contributed by atoms with Crippen LogP contribution in [-0.2, 0) is 0 Å². The van der Waals surface area contributed by atoms with Gasteiger partial charge in [0.1, 0.15) is 0 Å². The molecule has 4 nitrogen and oxygen atoms in total. The maximum atomic E-state index is 5.30. The molecule has 3 heterocycles. The third kappa shape index (κ3) is 5.93. The average molecular weight is 833 g/mol. The Morgan fingerprint density at radius 3 is 1.73 bits per heavy atom. The van der Waals surface area contributed by atoms with Crippen molar-refractivity contribution in [1.82, 2.24) is 19.5 Å². The monoisotopic (exact) mass is 832 g/mol. The van der Waals surface area contributed by atoms with E-state index in [-0.39, 0.29) is 0 Å². The smallest absolute Gasteiger partial charge is 0.164 e. The zero-order valence-corrected chi connectivity index (χ0v) is 35.3. The van der Waals surface area contributed by atoms with Gasteiger partial charge in [0.2, 0.25) is 0 Å². The van der Waals surface area contributed by atoms with Gasteiger partial charge in [-0.3, -0.25) is 0 Å². The Labute approximate surface area is 373 Å². The Hall–Kier alpha value is -8.25. The van der Waals surface area contributed by atoms with E-state index in [1.165, 1.54) is 52.5 Å². The van der Waals surface area contributed by atoms with E-state index in [0.717, 1.165) is 55.7 Å². The van der Waals surface area contributed by atoms with Crippen LogP contribution in [0.4, 0.5) is 0 Å². The maximum absolute atomic E-state index is 5.30. The molecule has 0 N–H and O–H groups in total. The number of nitrogens with zero attached hydrogens (tertiary/aromatic N) is 4. The highest BCUT2D eigenvalue weighted by Crippen LogP contribution is 2.46. The van der Waals surface area contributed by atoms with Gasteiger partial charge in [0.15, 0.2) is 17.5 Å². The van der Waals surface area contributed by atoms with Crippen LogP contribution >= 0.6 is 11.3 Å². The van der Waals surface area contributed by atoms with Crippen LogP contribution in [0.25, 0.3) is 126 Å². The van der Waals surface area contributed by atoms with Crippen molar-refractivity contribution in [2.45, 2.75) is 0 Å². The molecule has 10 aromatic carbocycles. The summed E-state index contributed by atoms with van der Waals surface area (Å²) in [5.41, 5.74) is 10.7. The van der Waals surface area contributed by atoms with Crippen molar-refractivity contribution < 1.29 is 0 Å². The fourth-order valence-electron chi connectivity index (χ4n) is 9.60. The molecule has 0 fully saturated rings. The molecule has 298 valence electrons. The molecular formula is C59H36N4S. The van der Waals surface area contributed by atoms with Crippen LogP contribution in [-0.4, -0.2) is 19.5 Å². The molecule has 0 spiro atoms. The lowest BCUT2D eigenvalue weighted by atomic mass is 9.95. The fourth-order valence-corrected chi connectivity index (χ4v) is 10.9. The second-order valence-electron chi connectivity index (χ2n) is 16.4. The lowest BCUT2D eigenvalue weighted by Crippen LogP contribution is -2.02. The molecule has 64 heavy (non-hydrogen) atoms. The highest BCUT2D eigenvalue weighted by atomic mass is 32.1. The summed E-state index contributed by atoms with van der Waals surface area (Å²) in [7, 11) is 0. The van der Waals surface area contributed by atoms with E-state index in [2.05, 4.69) is 199 Å². The van der Waals surface area contributed by atoms with E-state index < -0.39 is 0 Å². The second-order valence-corrected chi connectivity index (χ2v) is 17.4. The van der Waals surface area contributed by atoms with Gasteiger partial charge in [0.25, 0.3) is 0 Å². The van der Waals surface area contributed by atoms with E-state index in [1.54, 1.807) is 0 Å². The number of rotatable bonds is 6. The largest absolute Gasteiger partial charge is 0.309 e. The molecule has 0 radical (unpaired) electrons. The Bertz CT molecular complexity index is 3960. The lowest BCUT2D eigenvalue weighted by molar-refractivity contribution is 1.07. The number of para-hydroxylation sites is 1. The first-order valence-corrected chi connectivity index (χ1v) is 22.4. The topological polar surface area (TPSA) is 43.6 Å². The number of thiophene rings is 1. The third-order valence-electron chi connectivity index (χ3n) is 12.6. The van der Waals surface area contributed by atoms with E-state index in [9.17, 15) is 0 Å². The van der Waals surface area contributed by atoms with E-state index in [1.807, 2.05) is 35.6 Å². The van der Waals surface area contributed by atoms with Crippen molar-refractivity contribution in [2.24, 2.45) is 0 Å². The van der Waals surface area contributed by atoms with Gasteiger partial charge in [0.05, 0.1) is 16.7 Å². The second kappa shape index (κ2) is 14.7. The Kier molecular flexibility index (Phi) is 8.36. The van der Waals surface area contributed by atoms with Gasteiger partial charge < -0.3 is 4.57 Å². The summed E-state index contributed by atoms with van der Waals surface area (Å²) in [6.07, 6.45) is 0. The maximum Gasteiger partial charge on any atom is 0.164 e. The molecule has 0 aliphatic heterocycles. The number of aromatic nitrogens is 4. The van der Waals surface area contributed by atoms with Crippen LogP contribution < -0.4 is 0 Å². The van der Waals surface area contributed by atoms with Gasteiger partial charge >= 0.3 is 0 Å². The predicted octanol–water partition coefficient (Wildman–Crippen LogP) is 16.0. The van der Waals surface area contributed by atoms with Gasteiger partial charge in [-0.15, -0.1) is 11.3 Å². The predicted molar refractivity (Wildman–Crippen MR) is 269 cm³/mol. The SMILES string of the molecule is c1ccc(-c2cccc(-c3nc(-c4ccccc4)nc(-c4ccc(-n5c6ccccc6c6cc7ccccc7cc65)c(-c5cccc6sc7c8ccccc8ccc7c56)c4)n3)c2)cc1. The Morgan fingerprint density at radius 2 is 0.938 bits per heavy atom. The van der Waals surface area contributed by atoms with Gasteiger partial charge in [0, 0.05) is 53.2 Å². The molecule has 0 saturated heterocycles. The zero-order chi connectivity index (χ0) is 42.1. The summed E-state index contributed by atoms with van der Waals surface area (Å²) in [4.78, 5) is 15.7. The van der Waals surface area contributed by atoms with Crippen LogP contribution in [0, 0.1) is 0 Å². The lowest BCUT2D eigenvalue weighted by Gasteiger charge is -2.17. The Morgan fingerprint density at radius 1 is 0.328 bits per heavy atom. The molecule has 5 heteroatoms. The normalized spacial score (nSPS) is 11.8. The number of hydrogen-bond acceptors (Lipinski definition) is 4. The molecule has 3 aromatic heterocycles.